The van der Waals surface area contributed by atoms with Crippen LogP contribution in [0.3, 0.4) is 0 Å². The van der Waals surface area contributed by atoms with E-state index in [9.17, 15) is 9.59 Å². The highest BCUT2D eigenvalue weighted by atomic mass is 16.5. The minimum Gasteiger partial charge on any atom is -0.497 e. The van der Waals surface area contributed by atoms with Gasteiger partial charge in [-0.3, -0.25) is 0 Å². The normalized spacial score (nSPS) is 11.4. The van der Waals surface area contributed by atoms with Crippen molar-refractivity contribution < 1.29 is 23.8 Å². The Morgan fingerprint density at radius 1 is 0.655 bits per heavy atom. The number of hydrogen-bond donors (Lipinski definition) is 0. The second-order valence-corrected chi connectivity index (χ2v) is 6.52. The third-order valence-corrected chi connectivity index (χ3v) is 4.75. The second-order valence-electron chi connectivity index (χ2n) is 6.52. The zero-order valence-electron chi connectivity index (χ0n) is 16.5. The van der Waals surface area contributed by atoms with E-state index in [0.29, 0.717) is 16.9 Å². The van der Waals surface area contributed by atoms with Gasteiger partial charge in [-0.15, -0.1) is 0 Å². The lowest BCUT2D eigenvalue weighted by Gasteiger charge is -2.14. The second kappa shape index (κ2) is 9.06. The van der Waals surface area contributed by atoms with E-state index in [2.05, 4.69) is 11.7 Å². The van der Waals surface area contributed by atoms with Crippen LogP contribution in [0.15, 0.2) is 72.8 Å². The number of carbonyl (C=O) groups excluding carboxylic acids is 2. The quantitative estimate of drug-likeness (QED) is 0.445. The average molecular weight is 390 g/mol. The maximum atomic E-state index is 12.3. The molecule has 0 heterocycles. The standard InChI is InChI=1S/C24H22O5/c1-16(17-8-12-21(27-2)13-9-17)18-10-14-22(15-11-18)29-24(26)20-6-4-19(5-7-20)23(25)28-3/h4-16H,1-3H3. The van der Waals surface area contributed by atoms with Gasteiger partial charge in [0, 0.05) is 5.92 Å². The molecule has 0 saturated carbocycles. The SMILES string of the molecule is COC(=O)c1ccc(C(=O)Oc2ccc(C(C)c3ccc(OC)cc3)cc2)cc1. The Morgan fingerprint density at radius 2 is 1.10 bits per heavy atom. The fourth-order valence-corrected chi connectivity index (χ4v) is 2.94. The highest BCUT2D eigenvalue weighted by molar-refractivity contribution is 5.94. The van der Waals surface area contributed by atoms with Crippen LogP contribution in [0.1, 0.15) is 44.7 Å². The summed E-state index contributed by atoms with van der Waals surface area (Å²) in [7, 11) is 2.95. The van der Waals surface area contributed by atoms with Crippen molar-refractivity contribution in [3.63, 3.8) is 0 Å². The molecule has 0 aliphatic rings. The van der Waals surface area contributed by atoms with Crippen molar-refractivity contribution in [1.29, 1.82) is 0 Å². The van der Waals surface area contributed by atoms with Gasteiger partial charge < -0.3 is 14.2 Å². The van der Waals surface area contributed by atoms with Gasteiger partial charge in [0.15, 0.2) is 0 Å². The summed E-state index contributed by atoms with van der Waals surface area (Å²) in [5.74, 6) is 0.529. The Bertz CT molecular complexity index is 973. The van der Waals surface area contributed by atoms with Gasteiger partial charge in [-0.2, -0.15) is 0 Å². The van der Waals surface area contributed by atoms with Gasteiger partial charge in [0.2, 0.25) is 0 Å². The first-order valence-electron chi connectivity index (χ1n) is 9.16. The zero-order chi connectivity index (χ0) is 20.8. The maximum absolute atomic E-state index is 12.3. The lowest BCUT2D eigenvalue weighted by atomic mass is 9.93. The molecule has 0 radical (unpaired) electrons. The molecule has 3 rings (SSSR count). The third-order valence-electron chi connectivity index (χ3n) is 4.75. The lowest BCUT2D eigenvalue weighted by molar-refractivity contribution is 0.0599. The predicted octanol–water partition coefficient (Wildman–Crippen LogP) is 4.85. The molecule has 0 bridgehead atoms. The summed E-state index contributed by atoms with van der Waals surface area (Å²) in [5, 5.41) is 0. The molecule has 0 amide bonds. The first-order chi connectivity index (χ1) is 14.0. The molecule has 0 aromatic heterocycles. The van der Waals surface area contributed by atoms with Crippen LogP contribution in [-0.4, -0.2) is 26.2 Å². The van der Waals surface area contributed by atoms with E-state index in [1.54, 1.807) is 19.2 Å². The van der Waals surface area contributed by atoms with Crippen LogP contribution in [0, 0.1) is 0 Å². The molecule has 1 unspecified atom stereocenters. The highest BCUT2D eigenvalue weighted by Gasteiger charge is 2.13. The van der Waals surface area contributed by atoms with Gasteiger partial charge in [-0.25, -0.2) is 9.59 Å². The number of ether oxygens (including phenoxy) is 3. The number of benzene rings is 3. The van der Waals surface area contributed by atoms with Crippen molar-refractivity contribution >= 4 is 11.9 Å². The Morgan fingerprint density at radius 3 is 1.55 bits per heavy atom. The molecule has 0 N–H and O–H groups in total. The molecule has 0 spiro atoms. The smallest absolute Gasteiger partial charge is 0.343 e. The summed E-state index contributed by atoms with van der Waals surface area (Å²) < 4.78 is 15.3. The van der Waals surface area contributed by atoms with Crippen LogP contribution >= 0.6 is 0 Å². The molecule has 1 atom stereocenters. The lowest BCUT2D eigenvalue weighted by Crippen LogP contribution is -2.09. The Hall–Kier alpha value is -3.60. The van der Waals surface area contributed by atoms with E-state index >= 15 is 0 Å². The number of hydrogen-bond acceptors (Lipinski definition) is 5. The van der Waals surface area contributed by atoms with Crippen molar-refractivity contribution in [3.8, 4) is 11.5 Å². The van der Waals surface area contributed by atoms with Crippen molar-refractivity contribution in [1.82, 2.24) is 0 Å². The first kappa shape index (κ1) is 20.1. The number of carbonyl (C=O) groups is 2. The van der Waals surface area contributed by atoms with Crippen molar-refractivity contribution in [3.05, 3.63) is 95.1 Å². The first-order valence-corrected chi connectivity index (χ1v) is 9.16. The van der Waals surface area contributed by atoms with Crippen LogP contribution < -0.4 is 9.47 Å². The van der Waals surface area contributed by atoms with Crippen molar-refractivity contribution in [2.45, 2.75) is 12.8 Å². The van der Waals surface area contributed by atoms with Gasteiger partial charge in [-0.05, 0) is 59.7 Å². The molecular weight excluding hydrogens is 368 g/mol. The van der Waals surface area contributed by atoms with Crippen LogP contribution in [-0.2, 0) is 4.74 Å². The summed E-state index contributed by atoms with van der Waals surface area (Å²) in [4.78, 5) is 23.8. The molecule has 0 aliphatic heterocycles. The largest absolute Gasteiger partial charge is 0.497 e. The maximum Gasteiger partial charge on any atom is 0.343 e. The van der Waals surface area contributed by atoms with E-state index in [-0.39, 0.29) is 5.92 Å². The predicted molar refractivity (Wildman–Crippen MR) is 110 cm³/mol. The van der Waals surface area contributed by atoms with Gasteiger partial charge in [-0.1, -0.05) is 31.2 Å². The van der Waals surface area contributed by atoms with E-state index < -0.39 is 11.9 Å². The molecule has 3 aromatic carbocycles. The molecule has 5 heteroatoms. The summed E-state index contributed by atoms with van der Waals surface area (Å²) in [6, 6.07) is 21.5. The van der Waals surface area contributed by atoms with Crippen LogP contribution in [0.25, 0.3) is 0 Å². The van der Waals surface area contributed by atoms with Crippen molar-refractivity contribution in [2.75, 3.05) is 14.2 Å². The number of rotatable bonds is 6. The molecule has 29 heavy (non-hydrogen) atoms. The fraction of sp³-hybridized carbons (Fsp3) is 0.167. The van der Waals surface area contributed by atoms with Gasteiger partial charge in [0.25, 0.3) is 0 Å². The Balaban J connectivity index is 1.66. The molecule has 0 fully saturated rings. The minimum absolute atomic E-state index is 0.191. The molecular formula is C24H22O5. The molecule has 148 valence electrons. The molecule has 5 nitrogen and oxygen atoms in total. The summed E-state index contributed by atoms with van der Waals surface area (Å²) in [6.07, 6.45) is 0. The van der Waals surface area contributed by atoms with Crippen molar-refractivity contribution in [2.24, 2.45) is 0 Å². The Labute approximate surface area is 169 Å². The van der Waals surface area contributed by atoms with Crippen LogP contribution in [0.4, 0.5) is 0 Å². The number of methoxy groups -OCH3 is 2. The van der Waals surface area contributed by atoms with Crippen LogP contribution in [0.5, 0.6) is 11.5 Å². The zero-order valence-corrected chi connectivity index (χ0v) is 16.5. The third kappa shape index (κ3) is 4.82. The fourth-order valence-electron chi connectivity index (χ4n) is 2.94. The average Bonchev–Trinajstić information content (AvgIpc) is 2.78. The van der Waals surface area contributed by atoms with E-state index in [1.165, 1.54) is 36.9 Å². The van der Waals surface area contributed by atoms with Gasteiger partial charge in [0.05, 0.1) is 25.3 Å². The summed E-state index contributed by atoms with van der Waals surface area (Å²) >= 11 is 0. The monoisotopic (exact) mass is 390 g/mol. The summed E-state index contributed by atoms with van der Waals surface area (Å²) in [6.45, 7) is 2.12. The Kier molecular flexibility index (Phi) is 6.29. The van der Waals surface area contributed by atoms with Gasteiger partial charge >= 0.3 is 11.9 Å². The minimum atomic E-state index is -0.489. The molecule has 3 aromatic rings. The molecule has 0 saturated heterocycles. The van der Waals surface area contributed by atoms with E-state index in [0.717, 1.165) is 11.3 Å². The number of esters is 2. The van der Waals surface area contributed by atoms with Crippen LogP contribution in [0.2, 0.25) is 0 Å². The highest BCUT2D eigenvalue weighted by Crippen LogP contribution is 2.27. The van der Waals surface area contributed by atoms with Gasteiger partial charge in [0.1, 0.15) is 11.5 Å². The van der Waals surface area contributed by atoms with E-state index in [1.807, 2.05) is 36.4 Å². The van der Waals surface area contributed by atoms with E-state index in [4.69, 9.17) is 9.47 Å². The molecule has 0 aliphatic carbocycles. The summed E-state index contributed by atoms with van der Waals surface area (Å²) in [5.41, 5.74) is 3.01. The topological polar surface area (TPSA) is 61.8 Å².